The van der Waals surface area contributed by atoms with E-state index in [4.69, 9.17) is 5.73 Å². The highest BCUT2D eigenvalue weighted by Crippen LogP contribution is 2.15. The number of H-pyrrole nitrogens is 1. The van der Waals surface area contributed by atoms with Crippen LogP contribution in [-0.2, 0) is 0 Å². The number of aromatic nitrogens is 3. The second-order valence-corrected chi connectivity index (χ2v) is 2.93. The number of nitrogen functional groups attached to an aromatic ring is 1. The van der Waals surface area contributed by atoms with Crippen LogP contribution in [0.4, 0.5) is 5.82 Å². The molecule has 0 aromatic carbocycles. The number of halogens is 1. The Morgan fingerprint density at radius 2 is 2.14 bits per heavy atom. The van der Waals surface area contributed by atoms with Crippen LogP contribution in [0.25, 0.3) is 11.4 Å². The van der Waals surface area contributed by atoms with Crippen LogP contribution in [0.2, 0.25) is 0 Å². The Kier molecular flexibility index (Phi) is 3.09. The number of rotatable bonds is 1. The van der Waals surface area contributed by atoms with Crippen molar-refractivity contribution in [1.82, 2.24) is 15.2 Å². The monoisotopic (exact) mass is 210 g/mol. The predicted octanol–water partition coefficient (Wildman–Crippen LogP) is 1.78. The molecule has 0 fully saturated rings. The minimum absolute atomic E-state index is 0. The van der Waals surface area contributed by atoms with E-state index in [2.05, 4.69) is 15.2 Å². The number of nitrogens with two attached hydrogens (primary N) is 1. The molecule has 0 aliphatic rings. The Balaban J connectivity index is 0.000000980. The highest BCUT2D eigenvalue weighted by Gasteiger charge is 2.01. The minimum Gasteiger partial charge on any atom is -0.382 e. The second-order valence-electron chi connectivity index (χ2n) is 2.93. The molecule has 5 heteroatoms. The molecule has 2 aromatic rings. The van der Waals surface area contributed by atoms with E-state index in [1.165, 1.54) is 0 Å². The summed E-state index contributed by atoms with van der Waals surface area (Å²) >= 11 is 0. The molecule has 2 rings (SSSR count). The normalized spacial score (nSPS) is 9.50. The Labute approximate surface area is 88.0 Å². The van der Waals surface area contributed by atoms with Crippen LogP contribution in [0.3, 0.4) is 0 Å². The molecule has 4 nitrogen and oxygen atoms in total. The average Bonchev–Trinajstić information content (AvgIpc) is 2.53. The first-order valence-electron chi connectivity index (χ1n) is 3.99. The molecule has 3 N–H and O–H groups in total. The molecule has 0 saturated heterocycles. The summed E-state index contributed by atoms with van der Waals surface area (Å²) in [7, 11) is 0. The summed E-state index contributed by atoms with van der Waals surface area (Å²) < 4.78 is 0. The highest BCUT2D eigenvalue weighted by atomic mass is 35.5. The first kappa shape index (κ1) is 10.5. The van der Waals surface area contributed by atoms with Crippen LogP contribution in [-0.4, -0.2) is 15.2 Å². The minimum atomic E-state index is 0. The number of aromatic amines is 1. The lowest BCUT2D eigenvalue weighted by atomic mass is 10.2. The quantitative estimate of drug-likeness (QED) is 0.754. The van der Waals surface area contributed by atoms with Gasteiger partial charge in [-0.3, -0.25) is 10.1 Å². The SMILES string of the molecule is Cc1ccc(-c2cc(N)n[nH]2)nc1.Cl. The Morgan fingerprint density at radius 1 is 1.36 bits per heavy atom. The molecule has 0 saturated carbocycles. The highest BCUT2D eigenvalue weighted by molar-refractivity contribution is 5.85. The van der Waals surface area contributed by atoms with Crippen LogP contribution in [0.15, 0.2) is 24.4 Å². The van der Waals surface area contributed by atoms with E-state index in [1.807, 2.05) is 25.3 Å². The molecule has 0 amide bonds. The van der Waals surface area contributed by atoms with E-state index >= 15 is 0 Å². The predicted molar refractivity (Wildman–Crippen MR) is 58.2 cm³/mol. The van der Waals surface area contributed by atoms with Gasteiger partial charge < -0.3 is 5.73 Å². The number of pyridine rings is 1. The molecule has 0 unspecified atom stereocenters. The van der Waals surface area contributed by atoms with E-state index < -0.39 is 0 Å². The van der Waals surface area contributed by atoms with Gasteiger partial charge >= 0.3 is 0 Å². The third kappa shape index (κ3) is 2.03. The van der Waals surface area contributed by atoms with Crippen molar-refractivity contribution in [3.8, 4) is 11.4 Å². The summed E-state index contributed by atoms with van der Waals surface area (Å²) in [4.78, 5) is 4.24. The molecule has 0 aliphatic carbocycles. The van der Waals surface area contributed by atoms with Gasteiger partial charge in [-0.15, -0.1) is 12.4 Å². The maximum Gasteiger partial charge on any atom is 0.145 e. The van der Waals surface area contributed by atoms with E-state index in [9.17, 15) is 0 Å². The van der Waals surface area contributed by atoms with Crippen molar-refractivity contribution < 1.29 is 0 Å². The fraction of sp³-hybridized carbons (Fsp3) is 0.111. The zero-order chi connectivity index (χ0) is 9.26. The average molecular weight is 211 g/mol. The number of aryl methyl sites for hydroxylation is 1. The number of anilines is 1. The second kappa shape index (κ2) is 4.11. The topological polar surface area (TPSA) is 67.6 Å². The van der Waals surface area contributed by atoms with Gasteiger partial charge in [-0.1, -0.05) is 6.07 Å². The lowest BCUT2D eigenvalue weighted by molar-refractivity contribution is 1.09. The van der Waals surface area contributed by atoms with Gasteiger partial charge in [-0.25, -0.2) is 0 Å². The Morgan fingerprint density at radius 3 is 2.64 bits per heavy atom. The van der Waals surface area contributed by atoms with Gasteiger partial charge in [0.15, 0.2) is 0 Å². The fourth-order valence-electron chi connectivity index (χ4n) is 1.10. The molecule has 74 valence electrons. The van der Waals surface area contributed by atoms with Crippen molar-refractivity contribution in [1.29, 1.82) is 0 Å². The lowest BCUT2D eigenvalue weighted by Crippen LogP contribution is -1.83. The summed E-state index contributed by atoms with van der Waals surface area (Å²) in [5.41, 5.74) is 8.31. The maximum atomic E-state index is 5.48. The fourth-order valence-corrected chi connectivity index (χ4v) is 1.10. The summed E-state index contributed by atoms with van der Waals surface area (Å²) in [5, 5.41) is 6.63. The van der Waals surface area contributed by atoms with E-state index in [-0.39, 0.29) is 12.4 Å². The van der Waals surface area contributed by atoms with Gasteiger partial charge in [0.05, 0.1) is 11.4 Å². The molecular formula is C9H11ClN4. The van der Waals surface area contributed by atoms with Crippen molar-refractivity contribution in [2.75, 3.05) is 5.73 Å². The molecule has 0 bridgehead atoms. The molecule has 0 radical (unpaired) electrons. The first-order valence-corrected chi connectivity index (χ1v) is 3.99. The summed E-state index contributed by atoms with van der Waals surface area (Å²) in [6.07, 6.45) is 1.81. The van der Waals surface area contributed by atoms with Crippen LogP contribution in [0.1, 0.15) is 5.56 Å². The molecule has 2 heterocycles. The van der Waals surface area contributed by atoms with Gasteiger partial charge in [0.25, 0.3) is 0 Å². The van der Waals surface area contributed by atoms with Gasteiger partial charge in [-0.2, -0.15) is 5.10 Å². The smallest absolute Gasteiger partial charge is 0.145 e. The number of nitrogens with one attached hydrogen (secondary N) is 1. The Hall–Kier alpha value is -1.55. The maximum absolute atomic E-state index is 5.48. The molecule has 0 atom stereocenters. The number of hydrogen-bond acceptors (Lipinski definition) is 3. The van der Waals surface area contributed by atoms with Gasteiger partial charge in [0, 0.05) is 12.3 Å². The van der Waals surface area contributed by atoms with E-state index in [1.54, 1.807) is 6.07 Å². The molecule has 0 aliphatic heterocycles. The first-order chi connectivity index (χ1) is 6.25. The largest absolute Gasteiger partial charge is 0.382 e. The molecule has 14 heavy (non-hydrogen) atoms. The lowest BCUT2D eigenvalue weighted by Gasteiger charge is -1.95. The zero-order valence-electron chi connectivity index (χ0n) is 7.69. The van der Waals surface area contributed by atoms with Crippen molar-refractivity contribution in [2.45, 2.75) is 6.92 Å². The third-order valence-corrected chi connectivity index (χ3v) is 1.78. The van der Waals surface area contributed by atoms with Crippen molar-refractivity contribution in [3.63, 3.8) is 0 Å². The van der Waals surface area contributed by atoms with Crippen LogP contribution < -0.4 is 5.73 Å². The van der Waals surface area contributed by atoms with E-state index in [0.717, 1.165) is 17.0 Å². The molecule has 0 spiro atoms. The summed E-state index contributed by atoms with van der Waals surface area (Å²) in [5.74, 6) is 0.484. The van der Waals surface area contributed by atoms with Gasteiger partial charge in [0.2, 0.25) is 0 Å². The van der Waals surface area contributed by atoms with Crippen LogP contribution in [0, 0.1) is 6.92 Å². The van der Waals surface area contributed by atoms with E-state index in [0.29, 0.717) is 5.82 Å². The van der Waals surface area contributed by atoms with Crippen LogP contribution >= 0.6 is 12.4 Å². The van der Waals surface area contributed by atoms with Crippen molar-refractivity contribution in [3.05, 3.63) is 30.0 Å². The molecule has 2 aromatic heterocycles. The van der Waals surface area contributed by atoms with Gasteiger partial charge in [-0.05, 0) is 18.6 Å². The number of nitrogens with zero attached hydrogens (tertiary/aromatic N) is 2. The van der Waals surface area contributed by atoms with Crippen molar-refractivity contribution in [2.24, 2.45) is 0 Å². The summed E-state index contributed by atoms with van der Waals surface area (Å²) in [6, 6.07) is 5.69. The third-order valence-electron chi connectivity index (χ3n) is 1.78. The molecular weight excluding hydrogens is 200 g/mol. The van der Waals surface area contributed by atoms with Crippen LogP contribution in [0.5, 0.6) is 0 Å². The Bertz CT molecular complexity index is 407. The summed E-state index contributed by atoms with van der Waals surface area (Å²) in [6.45, 7) is 2.00. The standard InChI is InChI=1S/C9H10N4.ClH/c1-6-2-3-7(11-5-6)8-4-9(10)13-12-8;/h2-5H,1H3,(H3,10,12,13);1H. The number of hydrogen-bond donors (Lipinski definition) is 2. The zero-order valence-corrected chi connectivity index (χ0v) is 8.51. The van der Waals surface area contributed by atoms with Crippen molar-refractivity contribution >= 4 is 18.2 Å². The van der Waals surface area contributed by atoms with Gasteiger partial charge in [0.1, 0.15) is 5.82 Å².